The quantitative estimate of drug-likeness (QED) is 0.384. The number of aliphatic carboxylic acids is 1. The van der Waals surface area contributed by atoms with Crippen LogP contribution < -0.4 is 20.7 Å². The Morgan fingerprint density at radius 3 is 2.44 bits per heavy atom. The summed E-state index contributed by atoms with van der Waals surface area (Å²) >= 11 is 0. The Bertz CT molecular complexity index is 1450. The number of aromatic amines is 1. The summed E-state index contributed by atoms with van der Waals surface area (Å²) in [6.45, 7) is 10.3. The van der Waals surface area contributed by atoms with Crippen LogP contribution in [0.1, 0.15) is 19.3 Å². The number of carboxylic acid groups (broad SMARTS) is 1. The summed E-state index contributed by atoms with van der Waals surface area (Å²) in [5.41, 5.74) is 1.79. The van der Waals surface area contributed by atoms with Gasteiger partial charge in [0, 0.05) is 57.1 Å². The lowest BCUT2D eigenvalue weighted by atomic mass is 9.93. The van der Waals surface area contributed by atoms with Crippen LogP contribution in [0, 0.1) is 12.5 Å². The first-order valence-corrected chi connectivity index (χ1v) is 12.9. The zero-order valence-electron chi connectivity index (χ0n) is 21.3. The molecule has 0 spiro atoms. The molecule has 202 valence electrons. The van der Waals surface area contributed by atoms with Gasteiger partial charge in [0.1, 0.15) is 16.7 Å². The van der Waals surface area contributed by atoms with E-state index in [1.165, 1.54) is 6.20 Å². The molecule has 13 nitrogen and oxygen atoms in total. The minimum Gasteiger partial charge on any atom is -0.481 e. The number of carboxylic acids is 1. The molecule has 0 atom stereocenters. The monoisotopic (exact) mass is 531 g/mol. The molecule has 39 heavy (non-hydrogen) atoms. The topological polar surface area (TPSA) is 152 Å². The Morgan fingerprint density at radius 1 is 1.05 bits per heavy atom. The smallest absolute Gasteiger partial charge is 0.303 e. The zero-order valence-corrected chi connectivity index (χ0v) is 21.3. The number of carbonyl (C=O) groups excluding carboxylic acids is 1. The molecule has 0 saturated carbocycles. The number of piperazine rings is 1. The summed E-state index contributed by atoms with van der Waals surface area (Å²) in [5.74, 6) is 0.0702. The molecule has 0 bridgehead atoms. The number of amides is 1. The first-order valence-electron chi connectivity index (χ1n) is 12.9. The van der Waals surface area contributed by atoms with E-state index in [1.807, 2.05) is 29.2 Å². The fourth-order valence-electron chi connectivity index (χ4n) is 5.08. The molecule has 2 saturated heterocycles. The van der Waals surface area contributed by atoms with Crippen LogP contribution in [0.3, 0.4) is 0 Å². The van der Waals surface area contributed by atoms with Crippen LogP contribution in [0.15, 0.2) is 35.3 Å². The van der Waals surface area contributed by atoms with Gasteiger partial charge in [0.25, 0.3) is 12.1 Å². The first-order chi connectivity index (χ1) is 18.9. The van der Waals surface area contributed by atoms with Crippen LogP contribution in [0.25, 0.3) is 15.7 Å². The van der Waals surface area contributed by atoms with Crippen molar-refractivity contribution in [3.63, 3.8) is 0 Å². The first kappa shape index (κ1) is 25.9. The number of aromatic nitrogens is 4. The van der Waals surface area contributed by atoms with Crippen LogP contribution in [0.2, 0.25) is 0 Å². The lowest BCUT2D eigenvalue weighted by molar-refractivity contribution is -0.138. The largest absolute Gasteiger partial charge is 0.481 e. The second-order valence-corrected chi connectivity index (χ2v) is 9.72. The number of nitrogens with one attached hydrogen (secondary N) is 2. The fourth-order valence-corrected chi connectivity index (χ4v) is 5.08. The van der Waals surface area contributed by atoms with Gasteiger partial charge in [0.2, 0.25) is 5.95 Å². The Labute approximate surface area is 224 Å². The average molecular weight is 532 g/mol. The summed E-state index contributed by atoms with van der Waals surface area (Å²) in [6, 6.07) is 7.83. The number of nitrogens with zero attached hydrogens (tertiary/aromatic N) is 7. The molecular formula is C26H29N9O4. The van der Waals surface area contributed by atoms with Gasteiger partial charge in [-0.05, 0) is 43.0 Å². The highest BCUT2D eigenvalue weighted by Crippen LogP contribution is 2.28. The van der Waals surface area contributed by atoms with E-state index in [0.29, 0.717) is 48.8 Å². The second kappa shape index (κ2) is 11.3. The third-order valence-electron chi connectivity index (χ3n) is 7.21. The molecular weight excluding hydrogens is 502 g/mol. The van der Waals surface area contributed by atoms with Crippen molar-refractivity contribution in [2.24, 2.45) is 5.92 Å². The lowest BCUT2D eigenvalue weighted by Gasteiger charge is -2.34. The van der Waals surface area contributed by atoms with Gasteiger partial charge in [0.05, 0.1) is 6.20 Å². The molecule has 2 fully saturated rings. The number of anilines is 4. The van der Waals surface area contributed by atoms with Crippen LogP contribution in [-0.4, -0.2) is 87.9 Å². The van der Waals surface area contributed by atoms with E-state index in [2.05, 4.69) is 35.2 Å². The Balaban J connectivity index is 1.32. The summed E-state index contributed by atoms with van der Waals surface area (Å²) < 4.78 is 0. The molecule has 0 radical (unpaired) electrons. The average Bonchev–Trinajstić information content (AvgIpc) is 2.94. The summed E-state index contributed by atoms with van der Waals surface area (Å²) in [4.78, 5) is 54.0. The molecule has 2 aliphatic heterocycles. The Kier molecular flexibility index (Phi) is 7.53. The zero-order chi connectivity index (χ0) is 27.4. The molecule has 2 aromatic heterocycles. The van der Waals surface area contributed by atoms with Crippen molar-refractivity contribution in [1.82, 2.24) is 25.1 Å². The van der Waals surface area contributed by atoms with E-state index in [1.54, 1.807) is 4.90 Å². The summed E-state index contributed by atoms with van der Waals surface area (Å²) in [5, 5.41) is 18.9. The standard InChI is InChI=1S/C26H29N9O4/c1-27-16-21(36)34-10-12-35(13-11-34)26-30-20-15-28-32-25(39)23(20)24(31-26)29-18-2-4-19(5-3-18)33-8-6-17(7-9-33)14-22(37)38/h2-5,15,17H,6-14,16H2,(H,32,39)(H,37,38)(H,29,30,31). The number of piperidine rings is 1. The Morgan fingerprint density at radius 2 is 1.77 bits per heavy atom. The summed E-state index contributed by atoms with van der Waals surface area (Å²) in [6.07, 6.45) is 3.40. The van der Waals surface area contributed by atoms with Crippen molar-refractivity contribution in [2.75, 3.05) is 60.9 Å². The number of fused-ring (bicyclic) bond motifs is 1. The van der Waals surface area contributed by atoms with E-state index < -0.39 is 11.5 Å². The van der Waals surface area contributed by atoms with Gasteiger partial charge in [-0.2, -0.15) is 10.1 Å². The molecule has 3 N–H and O–H groups in total. The van der Waals surface area contributed by atoms with Gasteiger partial charge < -0.3 is 30.0 Å². The van der Waals surface area contributed by atoms with Gasteiger partial charge in [-0.25, -0.2) is 16.7 Å². The molecule has 0 unspecified atom stereocenters. The minimum absolute atomic E-state index is 0.156. The van der Waals surface area contributed by atoms with Gasteiger partial charge in [-0.3, -0.25) is 14.4 Å². The maximum atomic E-state index is 12.6. The number of carbonyl (C=O) groups is 2. The summed E-state index contributed by atoms with van der Waals surface area (Å²) in [7, 11) is 0. The predicted molar refractivity (Wildman–Crippen MR) is 145 cm³/mol. The van der Waals surface area contributed by atoms with E-state index >= 15 is 0 Å². The Hall–Kier alpha value is -4.73. The predicted octanol–water partition coefficient (Wildman–Crippen LogP) is 1.72. The highest BCUT2D eigenvalue weighted by molar-refractivity contribution is 5.90. The fraction of sp³-hybridized carbons (Fsp3) is 0.423. The van der Waals surface area contributed by atoms with Crippen molar-refractivity contribution >= 4 is 45.9 Å². The van der Waals surface area contributed by atoms with Crippen molar-refractivity contribution in [1.29, 1.82) is 0 Å². The van der Waals surface area contributed by atoms with Crippen molar-refractivity contribution < 1.29 is 14.7 Å². The minimum atomic E-state index is -0.743. The van der Waals surface area contributed by atoms with E-state index in [0.717, 1.165) is 37.3 Å². The van der Waals surface area contributed by atoms with Gasteiger partial charge >= 0.3 is 11.9 Å². The van der Waals surface area contributed by atoms with Gasteiger partial charge in [0.15, 0.2) is 0 Å². The highest BCUT2D eigenvalue weighted by atomic mass is 16.4. The van der Waals surface area contributed by atoms with Crippen LogP contribution >= 0.6 is 0 Å². The molecule has 1 amide bonds. The van der Waals surface area contributed by atoms with E-state index in [-0.39, 0.29) is 24.8 Å². The molecule has 2 aliphatic rings. The lowest BCUT2D eigenvalue weighted by Crippen LogP contribution is -2.49. The number of hydrogen-bond donors (Lipinski definition) is 3. The van der Waals surface area contributed by atoms with E-state index in [4.69, 9.17) is 11.7 Å². The SMILES string of the molecule is [C-]#[N+]CC(=O)N1CCN(c2nc(Nc3ccc(N4CCC(CC(=O)O)CC4)cc3)c3c(=O)[nH]ncc3n2)CC1. The third kappa shape index (κ3) is 5.90. The van der Waals surface area contributed by atoms with Crippen molar-refractivity contribution in [3.05, 3.63) is 52.2 Å². The molecule has 3 aromatic rings. The second-order valence-electron chi connectivity index (χ2n) is 9.72. The molecule has 13 heteroatoms. The van der Waals surface area contributed by atoms with Gasteiger partial charge in [-0.1, -0.05) is 0 Å². The number of H-pyrrole nitrogens is 1. The molecule has 4 heterocycles. The number of benzene rings is 1. The third-order valence-corrected chi connectivity index (χ3v) is 7.21. The van der Waals surface area contributed by atoms with Crippen molar-refractivity contribution in [2.45, 2.75) is 19.3 Å². The number of rotatable bonds is 7. The normalized spacial score (nSPS) is 16.2. The molecule has 5 rings (SSSR count). The van der Waals surface area contributed by atoms with Crippen LogP contribution in [0.5, 0.6) is 0 Å². The van der Waals surface area contributed by atoms with E-state index in [9.17, 15) is 14.4 Å². The molecule has 0 aliphatic carbocycles. The maximum absolute atomic E-state index is 12.6. The maximum Gasteiger partial charge on any atom is 0.303 e. The van der Waals surface area contributed by atoms with Gasteiger partial charge in [-0.15, -0.1) is 0 Å². The van der Waals surface area contributed by atoms with Crippen molar-refractivity contribution in [3.8, 4) is 0 Å². The highest BCUT2D eigenvalue weighted by Gasteiger charge is 2.25. The van der Waals surface area contributed by atoms with Crippen LogP contribution in [-0.2, 0) is 9.59 Å². The number of hydrogen-bond acceptors (Lipinski definition) is 9. The molecule has 1 aromatic carbocycles. The van der Waals surface area contributed by atoms with Crippen LogP contribution in [0.4, 0.5) is 23.1 Å².